The predicted octanol–water partition coefficient (Wildman–Crippen LogP) is 5.95. The number of hydrazone groups is 1. The first kappa shape index (κ1) is 47.6. The third-order valence-corrected chi connectivity index (χ3v) is 11.6. The van der Waals surface area contributed by atoms with E-state index in [1.165, 1.54) is 35.2 Å². The van der Waals surface area contributed by atoms with E-state index in [0.717, 1.165) is 12.1 Å². The van der Waals surface area contributed by atoms with Crippen molar-refractivity contribution in [3.05, 3.63) is 101 Å². The van der Waals surface area contributed by atoms with E-state index in [9.17, 15) is 34.9 Å². The van der Waals surface area contributed by atoms with E-state index in [4.69, 9.17) is 26.7 Å². The molecule has 0 fully saturated rings. The van der Waals surface area contributed by atoms with Crippen molar-refractivity contribution in [3.63, 3.8) is 0 Å². The number of nitrogens with one attached hydrogen (secondary N) is 2. The molecule has 5 rings (SSSR count). The summed E-state index contributed by atoms with van der Waals surface area (Å²) in [6, 6.07) is 19.8. The third-order valence-electron chi connectivity index (χ3n) is 7.88. The Morgan fingerprint density at radius 3 is 2.26 bits per heavy atom. The summed E-state index contributed by atoms with van der Waals surface area (Å²) in [5, 5.41) is 47.4. The van der Waals surface area contributed by atoms with Gasteiger partial charge in [0.05, 0.1) is 45.6 Å². The first-order valence-corrected chi connectivity index (χ1v) is 22.6. The van der Waals surface area contributed by atoms with Crippen LogP contribution in [-0.4, -0.2) is 89.7 Å². The smallest absolute Gasteiger partial charge is 0.397 e. The highest BCUT2D eigenvalue weighted by atomic mass is 35.5. The van der Waals surface area contributed by atoms with Gasteiger partial charge in [-0.2, -0.15) is 36.9 Å². The van der Waals surface area contributed by atoms with Crippen LogP contribution in [0.3, 0.4) is 0 Å². The highest BCUT2D eigenvalue weighted by molar-refractivity contribution is 7.94. The molecule has 5 aromatic rings. The first-order valence-electron chi connectivity index (χ1n) is 17.0. The number of hydrogen-bond acceptors (Lipinski definition) is 22. The van der Waals surface area contributed by atoms with Gasteiger partial charge >= 0.3 is 10.4 Å². The molecule has 0 saturated heterocycles. The lowest BCUT2D eigenvalue weighted by Crippen LogP contribution is -2.20. The average molecular weight is 958 g/mol. The first-order chi connectivity index (χ1) is 29.4. The van der Waals surface area contributed by atoms with Crippen molar-refractivity contribution in [2.24, 2.45) is 15.3 Å². The molecule has 0 radical (unpaired) electrons. The fourth-order valence-electron chi connectivity index (χ4n) is 5.10. The Labute approximate surface area is 361 Å². The van der Waals surface area contributed by atoms with Crippen LogP contribution >= 0.6 is 23.6 Å². The van der Waals surface area contributed by atoms with Crippen LogP contribution < -0.4 is 15.6 Å². The summed E-state index contributed by atoms with van der Waals surface area (Å²) >= 11 is 6.89. The lowest BCUT2D eigenvalue weighted by atomic mass is 10.2. The molecule has 24 nitrogen and oxygen atoms in total. The lowest BCUT2D eigenvalue weighted by molar-refractivity contribution is -0.432. The number of amidine groups is 1. The topological polar surface area (TPSA) is 344 Å². The molecule has 1 heterocycles. The van der Waals surface area contributed by atoms with Crippen LogP contribution in [0, 0.1) is 0 Å². The molecule has 62 heavy (non-hydrogen) atoms. The second-order valence-corrected chi connectivity index (χ2v) is 17.6. The number of halogens is 1. The minimum atomic E-state index is -4.95. The molecule has 0 spiro atoms. The maximum atomic E-state index is 12.7. The van der Waals surface area contributed by atoms with Gasteiger partial charge in [0.2, 0.25) is 23.0 Å². The highest BCUT2D eigenvalue weighted by Gasteiger charge is 2.22. The van der Waals surface area contributed by atoms with Crippen LogP contribution in [0.15, 0.2) is 115 Å². The number of aromatic hydroxyl groups is 1. The normalized spacial score (nSPS) is 12.5. The monoisotopic (exact) mass is 957 g/mol. The molecule has 0 atom stereocenters. The van der Waals surface area contributed by atoms with Crippen molar-refractivity contribution in [1.29, 1.82) is 0 Å². The van der Waals surface area contributed by atoms with Crippen LogP contribution in [0.25, 0.3) is 0 Å². The molecular weight excluding hydrogens is 926 g/mol. The van der Waals surface area contributed by atoms with Gasteiger partial charge in [0.1, 0.15) is 12.3 Å². The maximum Gasteiger partial charge on any atom is 0.397 e. The van der Waals surface area contributed by atoms with Gasteiger partial charge in [-0.3, -0.25) is 19.8 Å². The number of phenolic OH excluding ortho intramolecular Hbond substituents is 1. The lowest BCUT2D eigenvalue weighted by Gasteiger charge is -2.22. The van der Waals surface area contributed by atoms with E-state index in [-0.39, 0.29) is 46.8 Å². The number of benzene rings is 4. The Morgan fingerprint density at radius 2 is 1.61 bits per heavy atom. The Kier molecular flexibility index (Phi) is 16.2. The zero-order chi connectivity index (χ0) is 45.1. The fraction of sp³-hybridized carbons (Fsp3) is 0.152. The van der Waals surface area contributed by atoms with Crippen LogP contribution in [0.5, 0.6) is 5.75 Å². The minimum absolute atomic E-state index is 0.0965. The molecule has 1 aromatic heterocycles. The molecule has 29 heteroatoms. The number of aromatic nitrogens is 3. The standard InChI is InChI=1S/C33H32ClN9O15S4/c1-2-43(22-9-12-24(13-10-22)60(47,48)15-14-56-62(52,53)54)33-37-31(34)36-32(38-33)35-27-17-25(61(49,50)51)18-28(29(27)44)40-42-30(20-6-4-3-5-7-20)41-39-26-16-23(59-58-57-46)11-8-21(26)19-55-45/h3-13,16-18,39,44-46H,2,14-15,19H2,1H3,(H,49,50,51)(H,52,53,54)(H,35,36,37,38). The fourth-order valence-corrected chi connectivity index (χ4v) is 7.67. The second kappa shape index (κ2) is 21.1. The van der Waals surface area contributed by atoms with E-state index in [0.29, 0.717) is 33.8 Å². The Hall–Kier alpha value is -5.47. The van der Waals surface area contributed by atoms with Crippen molar-refractivity contribution in [3.8, 4) is 5.75 Å². The number of rotatable bonds is 20. The number of azo groups is 1. The van der Waals surface area contributed by atoms with Crippen LogP contribution in [0.1, 0.15) is 18.1 Å². The quantitative estimate of drug-likeness (QED) is 0.00692. The number of hydrogen-bond donors (Lipinski definition) is 7. The molecule has 7 N–H and O–H groups in total. The zero-order valence-electron chi connectivity index (χ0n) is 31.4. The van der Waals surface area contributed by atoms with Gasteiger partial charge in [-0.05, 0) is 67.1 Å². The number of nitrogens with zero attached hydrogens (tertiary/aromatic N) is 7. The summed E-state index contributed by atoms with van der Waals surface area (Å²) in [7, 11) is -13.8. The Morgan fingerprint density at radius 1 is 0.887 bits per heavy atom. The second-order valence-electron chi connectivity index (χ2n) is 11.9. The van der Waals surface area contributed by atoms with Crippen LogP contribution in [0.2, 0.25) is 5.28 Å². The zero-order valence-corrected chi connectivity index (χ0v) is 35.4. The third kappa shape index (κ3) is 13.3. The summed E-state index contributed by atoms with van der Waals surface area (Å²) in [6.45, 7) is 0.777. The molecule has 0 saturated carbocycles. The molecular formula is C33H32ClN9O15S4. The largest absolute Gasteiger partial charge is 0.504 e. The molecule has 0 aliphatic rings. The molecule has 0 aliphatic heterocycles. The molecule has 0 bridgehead atoms. The summed E-state index contributed by atoms with van der Waals surface area (Å²) in [4.78, 5) is 17.7. The van der Waals surface area contributed by atoms with Gasteiger partial charge < -0.3 is 15.3 Å². The van der Waals surface area contributed by atoms with Crippen molar-refractivity contribution in [2.75, 3.05) is 34.5 Å². The maximum absolute atomic E-state index is 12.7. The number of anilines is 5. The van der Waals surface area contributed by atoms with Gasteiger partial charge in [-0.25, -0.2) is 22.7 Å². The molecule has 4 aromatic carbocycles. The van der Waals surface area contributed by atoms with Gasteiger partial charge in [-0.1, -0.05) is 41.4 Å². The van der Waals surface area contributed by atoms with E-state index in [1.54, 1.807) is 49.4 Å². The SMILES string of the molecule is CCN(c1ccc(S(=O)(=O)CCOS(=O)(=O)O)cc1)c1nc(Cl)nc(Nc2cc(S(=O)(=O)O)cc(N=NC(=NNc3cc(SOOO)ccc3COO)c3ccccc3)c2O)n1. The molecule has 0 aliphatic carbocycles. The summed E-state index contributed by atoms with van der Waals surface area (Å²) in [5.74, 6) is -2.01. The van der Waals surface area contributed by atoms with Crippen LogP contribution in [0.4, 0.5) is 34.6 Å². The van der Waals surface area contributed by atoms with E-state index in [1.807, 2.05) is 0 Å². The van der Waals surface area contributed by atoms with Gasteiger partial charge in [0, 0.05) is 28.3 Å². The van der Waals surface area contributed by atoms with Crippen molar-refractivity contribution in [1.82, 2.24) is 15.0 Å². The molecule has 0 unspecified atom stereocenters. The van der Waals surface area contributed by atoms with Crippen molar-refractivity contribution >= 4 is 94.5 Å². The summed E-state index contributed by atoms with van der Waals surface area (Å²) in [6.07, 6.45) is 0. The van der Waals surface area contributed by atoms with Crippen LogP contribution in [-0.2, 0) is 55.4 Å². The molecule has 330 valence electrons. The number of phenols is 1. The molecule has 0 amide bonds. The Bertz CT molecular complexity index is 2770. The van der Waals surface area contributed by atoms with E-state index in [2.05, 4.69) is 59.5 Å². The van der Waals surface area contributed by atoms with Gasteiger partial charge in [0.25, 0.3) is 10.1 Å². The predicted molar refractivity (Wildman–Crippen MR) is 220 cm³/mol. The summed E-state index contributed by atoms with van der Waals surface area (Å²) < 4.78 is 99.1. The van der Waals surface area contributed by atoms with Crippen molar-refractivity contribution in [2.45, 2.75) is 28.2 Å². The summed E-state index contributed by atoms with van der Waals surface area (Å²) in [5.41, 5.74) is 3.28. The van der Waals surface area contributed by atoms with E-state index >= 15 is 0 Å². The average Bonchev–Trinajstić information content (AvgIpc) is 3.21. The number of sulfone groups is 1. The van der Waals surface area contributed by atoms with Gasteiger partial charge in [-0.15, -0.1) is 14.6 Å². The Balaban J connectivity index is 1.47. The minimum Gasteiger partial charge on any atom is -0.504 e. The van der Waals surface area contributed by atoms with Crippen molar-refractivity contribution < 1.29 is 68.4 Å². The highest BCUT2D eigenvalue weighted by Crippen LogP contribution is 2.39. The van der Waals surface area contributed by atoms with Gasteiger partial charge in [0.15, 0.2) is 15.6 Å². The van der Waals surface area contributed by atoms with E-state index < -0.39 is 64.7 Å².